The largest absolute Gasteiger partial charge is 0.480 e. The lowest BCUT2D eigenvalue weighted by Crippen LogP contribution is -2.54. The predicted molar refractivity (Wildman–Crippen MR) is 96.1 cm³/mol. The van der Waals surface area contributed by atoms with E-state index in [0.29, 0.717) is 18.9 Å². The maximum Gasteiger partial charge on any atom is 0.329 e. The van der Waals surface area contributed by atoms with Gasteiger partial charge in [0.25, 0.3) is 0 Å². The molecule has 2 aromatic carbocycles. The molecule has 2 N–H and O–H groups in total. The molecule has 1 saturated heterocycles. The number of benzene rings is 2. The minimum Gasteiger partial charge on any atom is -0.480 e. The highest BCUT2D eigenvalue weighted by Gasteiger charge is 2.42. The fraction of sp³-hybridized carbons (Fsp3) is 0.350. The molecule has 4 heteroatoms. The molecule has 1 atom stereocenters. The van der Waals surface area contributed by atoms with E-state index in [1.54, 1.807) is 0 Å². The van der Waals surface area contributed by atoms with Gasteiger partial charge in [-0.3, -0.25) is 4.90 Å². The molecule has 1 aliphatic heterocycles. The molecule has 0 radical (unpaired) electrons. The van der Waals surface area contributed by atoms with Crippen molar-refractivity contribution in [3.63, 3.8) is 0 Å². The molecule has 1 heterocycles. The van der Waals surface area contributed by atoms with E-state index in [9.17, 15) is 9.90 Å². The van der Waals surface area contributed by atoms with Crippen molar-refractivity contribution in [3.8, 4) is 0 Å². The first-order chi connectivity index (χ1) is 11.6. The van der Waals surface area contributed by atoms with Crippen LogP contribution >= 0.6 is 0 Å². The van der Waals surface area contributed by atoms with Crippen LogP contribution in [0.4, 0.5) is 5.69 Å². The van der Waals surface area contributed by atoms with Gasteiger partial charge in [-0.2, -0.15) is 0 Å². The smallest absolute Gasteiger partial charge is 0.329 e. The number of likely N-dealkylation sites (tertiary alicyclic amines) is 1. The lowest BCUT2D eigenvalue weighted by molar-refractivity contribution is -0.144. The van der Waals surface area contributed by atoms with Crippen molar-refractivity contribution in [2.24, 2.45) is 0 Å². The maximum atomic E-state index is 11.9. The molecular weight excluding hydrogens is 300 g/mol. The molecule has 24 heavy (non-hydrogen) atoms. The van der Waals surface area contributed by atoms with E-state index in [1.807, 2.05) is 48.5 Å². The second kappa shape index (κ2) is 7.05. The lowest BCUT2D eigenvalue weighted by Gasteiger charge is -2.42. The average Bonchev–Trinajstić information content (AvgIpc) is 2.63. The summed E-state index contributed by atoms with van der Waals surface area (Å²) in [7, 11) is 0. The summed E-state index contributed by atoms with van der Waals surface area (Å²) in [4.78, 5) is 14.3. The van der Waals surface area contributed by atoms with Crippen molar-refractivity contribution in [2.75, 3.05) is 18.4 Å². The first kappa shape index (κ1) is 16.5. The second-order valence-electron chi connectivity index (χ2n) is 6.50. The van der Waals surface area contributed by atoms with Crippen LogP contribution in [-0.4, -0.2) is 34.6 Å². The van der Waals surface area contributed by atoms with Crippen LogP contribution in [0.25, 0.3) is 0 Å². The van der Waals surface area contributed by atoms with Gasteiger partial charge in [-0.05, 0) is 37.5 Å². The Morgan fingerprint density at radius 3 is 2.12 bits per heavy atom. The summed E-state index contributed by atoms with van der Waals surface area (Å²) in [6.45, 7) is 3.72. The second-order valence-corrected chi connectivity index (χ2v) is 6.50. The molecule has 0 bridgehead atoms. The zero-order valence-electron chi connectivity index (χ0n) is 14.0. The Balaban J connectivity index is 1.70. The molecule has 0 amide bonds. The van der Waals surface area contributed by atoms with Gasteiger partial charge in [0.2, 0.25) is 0 Å². The first-order valence-electron chi connectivity index (χ1n) is 8.46. The molecule has 0 aliphatic carbocycles. The Morgan fingerprint density at radius 2 is 1.58 bits per heavy atom. The molecule has 2 aromatic rings. The molecular formula is C20H24N2O2. The highest BCUT2D eigenvalue weighted by Crippen LogP contribution is 2.31. The number of rotatable bonds is 5. The van der Waals surface area contributed by atoms with Gasteiger partial charge in [0, 0.05) is 24.8 Å². The zero-order chi connectivity index (χ0) is 17.0. The number of hydrogen-bond acceptors (Lipinski definition) is 3. The van der Waals surface area contributed by atoms with Gasteiger partial charge in [-0.15, -0.1) is 0 Å². The van der Waals surface area contributed by atoms with Gasteiger partial charge < -0.3 is 10.4 Å². The number of carbonyl (C=O) groups is 1. The minimum atomic E-state index is -0.881. The van der Waals surface area contributed by atoms with E-state index in [4.69, 9.17) is 0 Å². The number of aliphatic carboxylic acids is 1. The monoisotopic (exact) mass is 324 g/mol. The molecule has 1 unspecified atom stereocenters. The number of hydrogen-bond donors (Lipinski definition) is 2. The van der Waals surface area contributed by atoms with E-state index >= 15 is 0 Å². The Hall–Kier alpha value is -2.33. The summed E-state index contributed by atoms with van der Waals surface area (Å²) >= 11 is 0. The van der Waals surface area contributed by atoms with Crippen LogP contribution in [0, 0.1) is 0 Å². The number of nitrogens with zero attached hydrogens (tertiary/aromatic N) is 1. The summed E-state index contributed by atoms with van der Waals surface area (Å²) in [5, 5.41) is 13.1. The summed E-state index contributed by atoms with van der Waals surface area (Å²) in [6, 6.07) is 20.3. The predicted octanol–water partition coefficient (Wildman–Crippen LogP) is 3.78. The minimum absolute atomic E-state index is 0.301. The van der Waals surface area contributed by atoms with E-state index in [-0.39, 0.29) is 0 Å². The number of carboxylic acids is 1. The van der Waals surface area contributed by atoms with Crippen LogP contribution in [0.15, 0.2) is 60.7 Å². The van der Waals surface area contributed by atoms with Gasteiger partial charge in [0.15, 0.2) is 0 Å². The van der Waals surface area contributed by atoms with Gasteiger partial charge in [0.1, 0.15) is 5.54 Å². The lowest BCUT2D eigenvalue weighted by atomic mass is 9.86. The van der Waals surface area contributed by atoms with Crippen molar-refractivity contribution < 1.29 is 9.90 Å². The number of piperidine rings is 1. The standard InChI is InChI=1S/C20H24N2O2/c1-16(17-8-4-2-5-9-17)22-14-12-20(13-15-22,19(23)24)21-18-10-6-3-7-11-18/h2-11,16,21H,12-15H2,1H3,(H,23,24). The molecule has 0 aromatic heterocycles. The summed E-state index contributed by atoms with van der Waals surface area (Å²) in [5.74, 6) is -0.765. The van der Waals surface area contributed by atoms with Gasteiger partial charge in [-0.25, -0.2) is 4.79 Å². The fourth-order valence-corrected chi connectivity index (χ4v) is 3.43. The van der Waals surface area contributed by atoms with E-state index in [2.05, 4.69) is 29.3 Å². The third-order valence-corrected chi connectivity index (χ3v) is 5.05. The highest BCUT2D eigenvalue weighted by molar-refractivity contribution is 5.83. The highest BCUT2D eigenvalue weighted by atomic mass is 16.4. The molecule has 126 valence electrons. The molecule has 3 rings (SSSR count). The Bertz CT molecular complexity index is 665. The van der Waals surface area contributed by atoms with Gasteiger partial charge in [-0.1, -0.05) is 48.5 Å². The molecule has 1 aliphatic rings. The van der Waals surface area contributed by atoms with E-state index in [0.717, 1.165) is 18.8 Å². The van der Waals surface area contributed by atoms with Crippen molar-refractivity contribution in [1.29, 1.82) is 0 Å². The molecule has 0 saturated carbocycles. The Kier molecular flexibility index (Phi) is 4.86. The number of nitrogens with one attached hydrogen (secondary N) is 1. The SMILES string of the molecule is CC(c1ccccc1)N1CCC(Nc2ccccc2)(C(=O)O)CC1. The van der Waals surface area contributed by atoms with Crippen LogP contribution in [0.3, 0.4) is 0 Å². The van der Waals surface area contributed by atoms with E-state index in [1.165, 1.54) is 5.56 Å². The molecule has 0 spiro atoms. The maximum absolute atomic E-state index is 11.9. The van der Waals surface area contributed by atoms with Crippen LogP contribution in [0.1, 0.15) is 31.4 Å². The first-order valence-corrected chi connectivity index (χ1v) is 8.46. The number of para-hydroxylation sites is 1. The van der Waals surface area contributed by atoms with Crippen LogP contribution in [-0.2, 0) is 4.79 Å². The molecule has 4 nitrogen and oxygen atoms in total. The topological polar surface area (TPSA) is 52.6 Å². The summed E-state index contributed by atoms with van der Waals surface area (Å²) in [5.41, 5.74) is 1.26. The Labute approximate surface area is 143 Å². The number of anilines is 1. The number of carboxylic acid groups (broad SMARTS) is 1. The normalized spacial score (nSPS) is 18.7. The van der Waals surface area contributed by atoms with Gasteiger partial charge >= 0.3 is 5.97 Å². The molecule has 1 fully saturated rings. The van der Waals surface area contributed by atoms with Crippen molar-refractivity contribution in [1.82, 2.24) is 4.90 Å². The zero-order valence-corrected chi connectivity index (χ0v) is 14.0. The average molecular weight is 324 g/mol. The van der Waals surface area contributed by atoms with Crippen LogP contribution < -0.4 is 5.32 Å². The third kappa shape index (κ3) is 3.44. The van der Waals surface area contributed by atoms with Crippen LogP contribution in [0.5, 0.6) is 0 Å². The quantitative estimate of drug-likeness (QED) is 0.879. The van der Waals surface area contributed by atoms with Gasteiger partial charge in [0.05, 0.1) is 0 Å². The summed E-state index contributed by atoms with van der Waals surface area (Å²) < 4.78 is 0. The van der Waals surface area contributed by atoms with Crippen molar-refractivity contribution >= 4 is 11.7 Å². The van der Waals surface area contributed by atoms with E-state index < -0.39 is 11.5 Å². The third-order valence-electron chi connectivity index (χ3n) is 5.05. The Morgan fingerprint density at radius 1 is 1.04 bits per heavy atom. The van der Waals surface area contributed by atoms with Crippen molar-refractivity contribution in [2.45, 2.75) is 31.3 Å². The fourth-order valence-electron chi connectivity index (χ4n) is 3.43. The van der Waals surface area contributed by atoms with Crippen molar-refractivity contribution in [3.05, 3.63) is 66.2 Å². The van der Waals surface area contributed by atoms with Crippen LogP contribution in [0.2, 0.25) is 0 Å². The summed E-state index contributed by atoms with van der Waals surface area (Å²) in [6.07, 6.45) is 1.18.